The average Bonchev–Trinajstić information content (AvgIpc) is 3.09. The van der Waals surface area contributed by atoms with Crippen molar-refractivity contribution in [3.8, 4) is 5.75 Å². The lowest BCUT2D eigenvalue weighted by atomic mass is 10.1. The second-order valence-corrected chi connectivity index (χ2v) is 5.60. The van der Waals surface area contributed by atoms with Crippen molar-refractivity contribution in [2.75, 3.05) is 6.61 Å². The van der Waals surface area contributed by atoms with Gasteiger partial charge in [-0.25, -0.2) is 0 Å². The molecule has 0 unspecified atom stereocenters. The molecule has 2 aliphatic carbocycles. The highest BCUT2D eigenvalue weighted by Gasteiger charge is 2.20. The van der Waals surface area contributed by atoms with E-state index in [-0.39, 0.29) is 0 Å². The van der Waals surface area contributed by atoms with Gasteiger partial charge in [0.2, 0.25) is 0 Å². The van der Waals surface area contributed by atoms with E-state index in [1.165, 1.54) is 38.5 Å². The van der Waals surface area contributed by atoms with E-state index in [4.69, 9.17) is 4.74 Å². The van der Waals surface area contributed by atoms with Crippen molar-refractivity contribution in [1.82, 2.24) is 10.3 Å². The Morgan fingerprint density at radius 3 is 2.67 bits per heavy atom. The second-order valence-electron chi connectivity index (χ2n) is 5.60. The summed E-state index contributed by atoms with van der Waals surface area (Å²) in [5.74, 6) is 1.68. The van der Waals surface area contributed by atoms with Gasteiger partial charge >= 0.3 is 0 Å². The summed E-state index contributed by atoms with van der Waals surface area (Å²) < 4.78 is 5.80. The SMILES string of the molecule is c1cc(CNC2CC2)ncc1OCC1CCCC1. The van der Waals surface area contributed by atoms with Crippen molar-refractivity contribution in [1.29, 1.82) is 0 Å². The van der Waals surface area contributed by atoms with Crippen molar-refractivity contribution in [2.45, 2.75) is 51.1 Å². The minimum atomic E-state index is 0.741. The smallest absolute Gasteiger partial charge is 0.137 e. The Morgan fingerprint density at radius 2 is 2.00 bits per heavy atom. The predicted molar refractivity (Wildman–Crippen MR) is 71.6 cm³/mol. The third kappa shape index (κ3) is 3.45. The molecule has 3 rings (SSSR count). The van der Waals surface area contributed by atoms with Crippen LogP contribution in [-0.2, 0) is 6.54 Å². The standard InChI is InChI=1S/C15H22N2O/c1-2-4-12(3-1)11-18-15-8-7-14(17-10-15)9-16-13-5-6-13/h7-8,10,12-13,16H,1-6,9,11H2. The molecular formula is C15H22N2O. The number of aromatic nitrogens is 1. The van der Waals surface area contributed by atoms with E-state index in [1.54, 1.807) is 0 Å². The second kappa shape index (κ2) is 5.70. The van der Waals surface area contributed by atoms with Crippen LogP contribution in [0, 0.1) is 5.92 Å². The van der Waals surface area contributed by atoms with Gasteiger partial charge in [-0.1, -0.05) is 12.8 Å². The van der Waals surface area contributed by atoms with Crippen molar-refractivity contribution in [3.05, 3.63) is 24.0 Å². The van der Waals surface area contributed by atoms with Gasteiger partial charge in [-0.2, -0.15) is 0 Å². The molecular weight excluding hydrogens is 224 g/mol. The van der Waals surface area contributed by atoms with Crippen LogP contribution in [0.25, 0.3) is 0 Å². The summed E-state index contributed by atoms with van der Waals surface area (Å²) in [6.07, 6.45) is 9.91. The fourth-order valence-electron chi connectivity index (χ4n) is 2.53. The molecule has 0 saturated heterocycles. The quantitative estimate of drug-likeness (QED) is 0.838. The first-order chi connectivity index (χ1) is 8.90. The number of nitrogens with one attached hydrogen (secondary N) is 1. The zero-order valence-corrected chi connectivity index (χ0v) is 10.9. The van der Waals surface area contributed by atoms with E-state index in [1.807, 2.05) is 12.3 Å². The first-order valence-corrected chi connectivity index (χ1v) is 7.21. The van der Waals surface area contributed by atoms with E-state index in [9.17, 15) is 0 Å². The van der Waals surface area contributed by atoms with Crippen LogP contribution in [0.15, 0.2) is 18.3 Å². The molecule has 0 radical (unpaired) electrons. The molecule has 0 aromatic carbocycles. The van der Waals surface area contributed by atoms with E-state index < -0.39 is 0 Å². The molecule has 0 bridgehead atoms. The molecule has 0 aliphatic heterocycles. The van der Waals surface area contributed by atoms with Gasteiger partial charge in [-0.15, -0.1) is 0 Å². The molecule has 0 atom stereocenters. The summed E-state index contributed by atoms with van der Waals surface area (Å²) in [6.45, 7) is 1.74. The van der Waals surface area contributed by atoms with Gasteiger partial charge in [0.05, 0.1) is 18.5 Å². The van der Waals surface area contributed by atoms with Crippen LogP contribution in [0.5, 0.6) is 5.75 Å². The Bertz CT molecular complexity index is 367. The zero-order valence-electron chi connectivity index (χ0n) is 10.9. The van der Waals surface area contributed by atoms with Crippen LogP contribution in [-0.4, -0.2) is 17.6 Å². The Labute approximate surface area is 109 Å². The number of hydrogen-bond donors (Lipinski definition) is 1. The number of hydrogen-bond acceptors (Lipinski definition) is 3. The maximum absolute atomic E-state index is 5.80. The summed E-state index contributed by atoms with van der Waals surface area (Å²) in [7, 11) is 0. The van der Waals surface area contributed by atoms with Gasteiger partial charge < -0.3 is 10.1 Å². The fraction of sp³-hybridized carbons (Fsp3) is 0.667. The summed E-state index contributed by atoms with van der Waals surface area (Å²) in [4.78, 5) is 4.44. The first-order valence-electron chi connectivity index (χ1n) is 7.21. The van der Waals surface area contributed by atoms with Crippen molar-refractivity contribution < 1.29 is 4.74 Å². The Kier molecular flexibility index (Phi) is 3.79. The first kappa shape index (κ1) is 12.0. The molecule has 2 fully saturated rings. The molecule has 2 aliphatic rings. The summed E-state index contributed by atoms with van der Waals surface area (Å²) in [5.41, 5.74) is 1.11. The van der Waals surface area contributed by atoms with Crippen LogP contribution < -0.4 is 10.1 Å². The van der Waals surface area contributed by atoms with Crippen LogP contribution in [0.4, 0.5) is 0 Å². The van der Waals surface area contributed by atoms with Gasteiger partial charge in [-0.3, -0.25) is 4.98 Å². The molecule has 1 heterocycles. The van der Waals surface area contributed by atoms with Gasteiger partial charge in [0.25, 0.3) is 0 Å². The molecule has 1 aromatic heterocycles. The molecule has 3 nitrogen and oxygen atoms in total. The number of nitrogens with zero attached hydrogens (tertiary/aromatic N) is 1. The Hall–Kier alpha value is -1.09. The number of rotatable bonds is 6. The van der Waals surface area contributed by atoms with Gasteiger partial charge in [0.15, 0.2) is 0 Å². The molecule has 98 valence electrons. The predicted octanol–water partition coefficient (Wildman–Crippen LogP) is 2.90. The normalized spacial score (nSPS) is 20.2. The average molecular weight is 246 g/mol. The minimum absolute atomic E-state index is 0.741. The maximum Gasteiger partial charge on any atom is 0.137 e. The molecule has 2 saturated carbocycles. The third-order valence-electron chi connectivity index (χ3n) is 3.91. The molecule has 0 spiro atoms. The highest BCUT2D eigenvalue weighted by Crippen LogP contribution is 2.25. The van der Waals surface area contributed by atoms with Crippen LogP contribution >= 0.6 is 0 Å². The van der Waals surface area contributed by atoms with Crippen LogP contribution in [0.3, 0.4) is 0 Å². The molecule has 18 heavy (non-hydrogen) atoms. The van der Waals surface area contributed by atoms with E-state index in [2.05, 4.69) is 16.4 Å². The van der Waals surface area contributed by atoms with Gasteiger partial charge in [0, 0.05) is 12.6 Å². The lowest BCUT2D eigenvalue weighted by Crippen LogP contribution is -2.16. The summed E-state index contributed by atoms with van der Waals surface area (Å²) >= 11 is 0. The highest BCUT2D eigenvalue weighted by molar-refractivity contribution is 5.20. The monoisotopic (exact) mass is 246 g/mol. The van der Waals surface area contributed by atoms with E-state index in [0.29, 0.717) is 0 Å². The van der Waals surface area contributed by atoms with Crippen LogP contribution in [0.1, 0.15) is 44.2 Å². The third-order valence-corrected chi connectivity index (χ3v) is 3.91. The Balaban J connectivity index is 1.44. The van der Waals surface area contributed by atoms with E-state index >= 15 is 0 Å². The lowest BCUT2D eigenvalue weighted by molar-refractivity contribution is 0.251. The topological polar surface area (TPSA) is 34.2 Å². The fourth-order valence-corrected chi connectivity index (χ4v) is 2.53. The lowest BCUT2D eigenvalue weighted by Gasteiger charge is -2.11. The molecule has 3 heteroatoms. The maximum atomic E-state index is 5.80. The number of ether oxygens (including phenoxy) is 1. The largest absolute Gasteiger partial charge is 0.492 e. The summed E-state index contributed by atoms with van der Waals surface area (Å²) in [6, 6.07) is 4.86. The van der Waals surface area contributed by atoms with Crippen molar-refractivity contribution in [2.24, 2.45) is 5.92 Å². The van der Waals surface area contributed by atoms with Crippen molar-refractivity contribution >= 4 is 0 Å². The van der Waals surface area contributed by atoms with Gasteiger partial charge in [0.1, 0.15) is 5.75 Å². The minimum Gasteiger partial charge on any atom is -0.492 e. The summed E-state index contributed by atoms with van der Waals surface area (Å²) in [5, 5.41) is 3.47. The number of pyridine rings is 1. The van der Waals surface area contributed by atoms with Crippen molar-refractivity contribution in [3.63, 3.8) is 0 Å². The Morgan fingerprint density at radius 1 is 1.17 bits per heavy atom. The van der Waals surface area contributed by atoms with Crippen LogP contribution in [0.2, 0.25) is 0 Å². The highest BCUT2D eigenvalue weighted by atomic mass is 16.5. The zero-order chi connectivity index (χ0) is 12.2. The molecule has 0 amide bonds. The van der Waals surface area contributed by atoms with Gasteiger partial charge in [-0.05, 0) is 43.7 Å². The molecule has 1 N–H and O–H groups in total. The van der Waals surface area contributed by atoms with E-state index in [0.717, 1.165) is 36.6 Å². The molecule has 1 aromatic rings.